The first-order valence-electron chi connectivity index (χ1n) is 7.01. The third-order valence-electron chi connectivity index (χ3n) is 3.58. The van der Waals surface area contributed by atoms with Gasteiger partial charge in [0.15, 0.2) is 11.5 Å². The largest absolute Gasteiger partial charge is 0.382 e. The summed E-state index contributed by atoms with van der Waals surface area (Å²) in [5, 5.41) is 0. The van der Waals surface area contributed by atoms with Gasteiger partial charge in [-0.1, -0.05) is 13.8 Å². The van der Waals surface area contributed by atoms with Gasteiger partial charge in [0.1, 0.15) is 5.82 Å². The molecule has 0 amide bonds. The number of aromatic nitrogens is 3. The highest BCUT2D eigenvalue weighted by molar-refractivity contribution is 5.67. The Morgan fingerprint density at radius 3 is 2.95 bits per heavy atom. The standard InChI is InChI=1S/C14H21N5/c1-10(2)5-7-19(11-3-4-11)14-13-16-6-8-18(13)9-12(15)17-14/h6,8-11H,3-5,7,15H2,1-2H3. The van der Waals surface area contributed by atoms with Gasteiger partial charge in [-0.2, -0.15) is 0 Å². The van der Waals surface area contributed by atoms with Crippen molar-refractivity contribution in [2.75, 3.05) is 17.2 Å². The van der Waals surface area contributed by atoms with E-state index in [1.165, 1.54) is 19.3 Å². The van der Waals surface area contributed by atoms with Crippen LogP contribution in [0.5, 0.6) is 0 Å². The summed E-state index contributed by atoms with van der Waals surface area (Å²) in [7, 11) is 0. The minimum atomic E-state index is 0.552. The van der Waals surface area contributed by atoms with E-state index >= 15 is 0 Å². The van der Waals surface area contributed by atoms with Crippen molar-refractivity contribution in [3.8, 4) is 0 Å². The van der Waals surface area contributed by atoms with Gasteiger partial charge in [0.2, 0.25) is 0 Å². The van der Waals surface area contributed by atoms with Gasteiger partial charge in [0.05, 0.1) is 6.20 Å². The summed E-state index contributed by atoms with van der Waals surface area (Å²) in [6.07, 6.45) is 9.21. The van der Waals surface area contributed by atoms with Crippen molar-refractivity contribution in [1.82, 2.24) is 14.4 Å². The number of fused-ring (bicyclic) bond motifs is 1. The Kier molecular flexibility index (Phi) is 3.05. The lowest BCUT2D eigenvalue weighted by atomic mass is 10.1. The molecule has 0 radical (unpaired) electrons. The van der Waals surface area contributed by atoms with Crippen molar-refractivity contribution in [3.05, 3.63) is 18.6 Å². The molecule has 2 aromatic heterocycles. The molecule has 1 fully saturated rings. The van der Waals surface area contributed by atoms with Crippen LogP contribution in [0.25, 0.3) is 5.65 Å². The Labute approximate surface area is 113 Å². The molecule has 2 aromatic rings. The van der Waals surface area contributed by atoms with Gasteiger partial charge in [-0.3, -0.25) is 0 Å². The Morgan fingerprint density at radius 2 is 2.26 bits per heavy atom. The SMILES string of the molecule is CC(C)CCN(c1nc(N)cn2ccnc12)C1CC1. The fraction of sp³-hybridized carbons (Fsp3) is 0.571. The molecule has 2 N–H and O–H groups in total. The normalized spacial score (nSPS) is 15.3. The zero-order valence-corrected chi connectivity index (χ0v) is 11.6. The quantitative estimate of drug-likeness (QED) is 0.895. The number of hydrogen-bond donors (Lipinski definition) is 1. The molecule has 5 heteroatoms. The fourth-order valence-electron chi connectivity index (χ4n) is 2.37. The average Bonchev–Trinajstić information content (AvgIpc) is 3.07. The zero-order chi connectivity index (χ0) is 13.4. The molecule has 102 valence electrons. The summed E-state index contributed by atoms with van der Waals surface area (Å²) in [6, 6.07) is 0.619. The highest BCUT2D eigenvalue weighted by Gasteiger charge is 2.31. The molecule has 1 aliphatic rings. The lowest BCUT2D eigenvalue weighted by Crippen LogP contribution is -2.29. The molecule has 0 spiro atoms. The number of nitrogens with zero attached hydrogens (tertiary/aromatic N) is 4. The van der Waals surface area contributed by atoms with E-state index in [1.807, 2.05) is 16.8 Å². The fourth-order valence-corrected chi connectivity index (χ4v) is 2.37. The van der Waals surface area contributed by atoms with Crippen LogP contribution >= 0.6 is 0 Å². The van der Waals surface area contributed by atoms with Crippen molar-refractivity contribution < 1.29 is 0 Å². The second-order valence-electron chi connectivity index (χ2n) is 5.75. The van der Waals surface area contributed by atoms with Crippen LogP contribution in [0.2, 0.25) is 0 Å². The van der Waals surface area contributed by atoms with E-state index < -0.39 is 0 Å². The molecular formula is C14H21N5. The van der Waals surface area contributed by atoms with E-state index in [0.29, 0.717) is 17.8 Å². The van der Waals surface area contributed by atoms with Crippen LogP contribution in [0, 0.1) is 5.92 Å². The zero-order valence-electron chi connectivity index (χ0n) is 11.6. The molecule has 0 unspecified atom stereocenters. The molecule has 1 aliphatic carbocycles. The maximum absolute atomic E-state index is 5.91. The summed E-state index contributed by atoms with van der Waals surface area (Å²) < 4.78 is 1.96. The smallest absolute Gasteiger partial charge is 0.180 e. The molecule has 0 atom stereocenters. The number of nitrogen functional groups attached to an aromatic ring is 1. The number of anilines is 2. The highest BCUT2D eigenvalue weighted by Crippen LogP contribution is 2.33. The van der Waals surface area contributed by atoms with Crippen molar-refractivity contribution in [2.45, 2.75) is 39.2 Å². The van der Waals surface area contributed by atoms with E-state index in [0.717, 1.165) is 18.0 Å². The highest BCUT2D eigenvalue weighted by atomic mass is 15.3. The van der Waals surface area contributed by atoms with Gasteiger partial charge >= 0.3 is 0 Å². The van der Waals surface area contributed by atoms with Crippen molar-refractivity contribution in [2.24, 2.45) is 5.92 Å². The van der Waals surface area contributed by atoms with Crippen LogP contribution in [-0.2, 0) is 0 Å². The first kappa shape index (κ1) is 12.3. The van der Waals surface area contributed by atoms with Crippen LogP contribution in [-0.4, -0.2) is 27.0 Å². The van der Waals surface area contributed by atoms with Crippen molar-refractivity contribution in [3.63, 3.8) is 0 Å². The van der Waals surface area contributed by atoms with E-state index in [-0.39, 0.29) is 0 Å². The minimum Gasteiger partial charge on any atom is -0.382 e. The minimum absolute atomic E-state index is 0.552. The Balaban J connectivity index is 1.96. The summed E-state index contributed by atoms with van der Waals surface area (Å²) in [5.74, 6) is 2.18. The topological polar surface area (TPSA) is 59.5 Å². The van der Waals surface area contributed by atoms with Gasteiger partial charge in [-0.25, -0.2) is 9.97 Å². The molecule has 0 saturated heterocycles. The molecule has 3 rings (SSSR count). The maximum atomic E-state index is 5.91. The van der Waals surface area contributed by atoms with Gasteiger partial charge in [0, 0.05) is 25.0 Å². The Morgan fingerprint density at radius 1 is 1.47 bits per heavy atom. The van der Waals surface area contributed by atoms with E-state index in [1.54, 1.807) is 6.20 Å². The second kappa shape index (κ2) is 4.72. The lowest BCUT2D eigenvalue weighted by molar-refractivity contribution is 0.569. The molecule has 0 bridgehead atoms. The first-order valence-corrected chi connectivity index (χ1v) is 7.01. The van der Waals surface area contributed by atoms with E-state index in [2.05, 4.69) is 28.7 Å². The lowest BCUT2D eigenvalue weighted by Gasteiger charge is -2.25. The number of imidazole rings is 1. The Hall–Kier alpha value is -1.78. The molecular weight excluding hydrogens is 238 g/mol. The van der Waals surface area contributed by atoms with Crippen molar-refractivity contribution >= 4 is 17.3 Å². The second-order valence-corrected chi connectivity index (χ2v) is 5.75. The summed E-state index contributed by atoms with van der Waals surface area (Å²) >= 11 is 0. The average molecular weight is 259 g/mol. The summed E-state index contributed by atoms with van der Waals surface area (Å²) in [5.41, 5.74) is 6.82. The molecule has 2 heterocycles. The van der Waals surface area contributed by atoms with E-state index in [9.17, 15) is 0 Å². The molecule has 5 nitrogen and oxygen atoms in total. The van der Waals surface area contributed by atoms with Crippen LogP contribution in [0.4, 0.5) is 11.6 Å². The third-order valence-corrected chi connectivity index (χ3v) is 3.58. The molecule has 1 saturated carbocycles. The monoisotopic (exact) mass is 259 g/mol. The first-order chi connectivity index (χ1) is 9.15. The maximum Gasteiger partial charge on any atom is 0.180 e. The van der Waals surface area contributed by atoms with E-state index in [4.69, 9.17) is 5.73 Å². The van der Waals surface area contributed by atoms with Gasteiger partial charge < -0.3 is 15.0 Å². The molecule has 0 aromatic carbocycles. The summed E-state index contributed by atoms with van der Waals surface area (Å²) in [4.78, 5) is 11.3. The third kappa shape index (κ3) is 2.50. The van der Waals surface area contributed by atoms with Crippen LogP contribution in [0.1, 0.15) is 33.1 Å². The van der Waals surface area contributed by atoms with Crippen LogP contribution < -0.4 is 10.6 Å². The summed E-state index contributed by atoms with van der Waals surface area (Å²) in [6.45, 7) is 5.53. The Bertz CT molecular complexity index is 570. The van der Waals surface area contributed by atoms with Crippen LogP contribution in [0.3, 0.4) is 0 Å². The van der Waals surface area contributed by atoms with Crippen LogP contribution in [0.15, 0.2) is 18.6 Å². The predicted molar refractivity (Wildman–Crippen MR) is 77.2 cm³/mol. The van der Waals surface area contributed by atoms with Gasteiger partial charge in [0.25, 0.3) is 0 Å². The number of hydrogen-bond acceptors (Lipinski definition) is 4. The van der Waals surface area contributed by atoms with Gasteiger partial charge in [-0.05, 0) is 25.2 Å². The number of nitrogens with two attached hydrogens (primary N) is 1. The predicted octanol–water partition coefficient (Wildman–Crippen LogP) is 2.33. The number of rotatable bonds is 5. The van der Waals surface area contributed by atoms with Gasteiger partial charge in [-0.15, -0.1) is 0 Å². The molecule has 19 heavy (non-hydrogen) atoms. The van der Waals surface area contributed by atoms with Crippen molar-refractivity contribution in [1.29, 1.82) is 0 Å². The molecule has 0 aliphatic heterocycles.